The first-order chi connectivity index (χ1) is 20.8. The molecule has 4 aromatic rings. The van der Waals surface area contributed by atoms with Gasteiger partial charge in [-0.05, 0) is 67.0 Å². The SMILES string of the molecule is C.CC1(C)Cc2cc(Br)sc2-c2sc(Br)cc21.CCC[CH2][Sn]([CH2]CCC)([CH2]CCC)[c]1cc2c(s1)-c1sc(C)cc1CC2(C)C. The van der Waals surface area contributed by atoms with Crippen LogP contribution in [-0.4, -0.2) is 18.4 Å². The number of rotatable bonds is 10. The molecule has 0 saturated carbocycles. The Bertz CT molecular complexity index is 1560. The van der Waals surface area contributed by atoms with Gasteiger partial charge in [0, 0.05) is 9.75 Å². The van der Waals surface area contributed by atoms with Crippen molar-refractivity contribution in [3.05, 3.63) is 59.0 Å². The fourth-order valence-electron chi connectivity index (χ4n) is 7.40. The number of halogens is 2. The summed E-state index contributed by atoms with van der Waals surface area (Å²) in [6.07, 6.45) is 10.8. The number of hydrogen-bond acceptors (Lipinski definition) is 4. The Morgan fingerprint density at radius 2 is 1.07 bits per heavy atom. The van der Waals surface area contributed by atoms with Gasteiger partial charge in [-0.2, -0.15) is 0 Å². The normalized spacial score (nSPS) is 15.7. The van der Waals surface area contributed by atoms with Gasteiger partial charge in [-0.25, -0.2) is 0 Å². The zero-order valence-corrected chi connectivity index (χ0v) is 37.3. The van der Waals surface area contributed by atoms with Gasteiger partial charge in [0.05, 0.1) is 7.57 Å². The summed E-state index contributed by atoms with van der Waals surface area (Å²) in [5.41, 5.74) is 6.83. The predicted molar refractivity (Wildman–Crippen MR) is 220 cm³/mol. The summed E-state index contributed by atoms with van der Waals surface area (Å²) in [6.45, 7) is 19.1. The van der Waals surface area contributed by atoms with E-state index in [4.69, 9.17) is 0 Å². The van der Waals surface area contributed by atoms with Crippen molar-refractivity contribution in [1.82, 2.24) is 0 Å². The first kappa shape index (κ1) is 38.4. The molecule has 0 bridgehead atoms. The van der Waals surface area contributed by atoms with Gasteiger partial charge in [0.1, 0.15) is 0 Å². The third-order valence-electron chi connectivity index (χ3n) is 9.83. The van der Waals surface area contributed by atoms with E-state index >= 15 is 0 Å². The monoisotopic (exact) mass is 916 g/mol. The first-order valence-electron chi connectivity index (χ1n) is 16.7. The van der Waals surface area contributed by atoms with Crippen LogP contribution in [-0.2, 0) is 23.7 Å². The second kappa shape index (κ2) is 15.6. The Balaban J connectivity index is 0.000000229. The van der Waals surface area contributed by atoms with Gasteiger partial charge in [-0.3, -0.25) is 0 Å². The summed E-state index contributed by atoms with van der Waals surface area (Å²) in [7, 11) is 0. The molecular weight excluding hydrogens is 863 g/mol. The molecule has 0 amide bonds. The van der Waals surface area contributed by atoms with Crippen molar-refractivity contribution in [2.75, 3.05) is 0 Å². The maximum absolute atomic E-state index is 3.61. The first-order valence-corrected chi connectivity index (χ1v) is 29.0. The van der Waals surface area contributed by atoms with Crippen molar-refractivity contribution in [3.8, 4) is 19.5 Å². The van der Waals surface area contributed by atoms with Gasteiger partial charge in [0.25, 0.3) is 0 Å². The van der Waals surface area contributed by atoms with Gasteiger partial charge < -0.3 is 0 Å². The van der Waals surface area contributed by atoms with Crippen LogP contribution in [0.15, 0.2) is 31.8 Å². The van der Waals surface area contributed by atoms with Crippen LogP contribution in [0.2, 0.25) is 13.3 Å². The van der Waals surface area contributed by atoms with Crippen LogP contribution in [0.25, 0.3) is 19.5 Å². The van der Waals surface area contributed by atoms with Crippen LogP contribution < -0.4 is 2.89 Å². The predicted octanol–water partition coefficient (Wildman–Crippen LogP) is 15.1. The van der Waals surface area contributed by atoms with Crippen LogP contribution >= 0.6 is 77.2 Å². The number of aryl methyl sites for hydroxylation is 1. The molecule has 0 radical (unpaired) electrons. The fraction of sp³-hybridized carbons (Fsp3) is 0.579. The average molecular weight is 918 g/mol. The fourth-order valence-corrected chi connectivity index (χ4v) is 32.7. The van der Waals surface area contributed by atoms with Crippen molar-refractivity contribution in [2.45, 2.75) is 138 Å². The summed E-state index contributed by atoms with van der Waals surface area (Å²) >= 11 is 12.9. The Hall–Kier alpha value is 0.559. The van der Waals surface area contributed by atoms with Crippen LogP contribution in [0.5, 0.6) is 0 Å². The summed E-state index contributed by atoms with van der Waals surface area (Å²) in [5, 5.41) is 0. The van der Waals surface area contributed by atoms with Crippen molar-refractivity contribution >= 4 is 98.5 Å². The van der Waals surface area contributed by atoms with Crippen molar-refractivity contribution in [3.63, 3.8) is 0 Å². The van der Waals surface area contributed by atoms with Crippen LogP contribution in [0.3, 0.4) is 0 Å². The molecule has 0 atom stereocenters. The molecule has 6 rings (SSSR count). The maximum atomic E-state index is 3.61. The quantitative estimate of drug-likeness (QED) is 0.139. The molecule has 0 fully saturated rings. The molecule has 0 nitrogen and oxygen atoms in total. The Morgan fingerprint density at radius 3 is 1.62 bits per heavy atom. The third-order valence-corrected chi connectivity index (χ3v) is 33.9. The minimum atomic E-state index is -2.33. The topological polar surface area (TPSA) is 0 Å². The van der Waals surface area contributed by atoms with E-state index in [1.54, 1.807) is 34.2 Å². The Kier molecular flexibility index (Phi) is 13.3. The van der Waals surface area contributed by atoms with Gasteiger partial charge in [-0.15, -0.1) is 22.7 Å². The molecular formula is C38H54Br2S4Sn. The van der Waals surface area contributed by atoms with Crippen molar-refractivity contribution in [2.24, 2.45) is 0 Å². The molecule has 0 unspecified atom stereocenters. The number of hydrogen-bond donors (Lipinski definition) is 0. The van der Waals surface area contributed by atoms with Crippen LogP contribution in [0, 0.1) is 6.92 Å². The number of thiophene rings is 4. The van der Waals surface area contributed by atoms with E-state index in [0.717, 1.165) is 6.42 Å². The molecule has 4 aromatic heterocycles. The summed E-state index contributed by atoms with van der Waals surface area (Å²) in [5.74, 6) is 0. The standard InChI is InChI=1S/C13H13S2.C12H10Br2S2.3C4H9.CH4.Sn/c1-8-6-9-7-13(2,3)10-4-5-14-12(10)11(9)15-8;1-12(2)5-6-3-8(13)15-10(6)11-7(12)4-9(14)16-11;3*1-3-4-2;;/h4,6H,7H2,1-3H3;3-4H,5H2,1-2H3;3*1,3-4H2,2H3;1H4;. The van der Waals surface area contributed by atoms with Crippen LogP contribution in [0.1, 0.15) is 122 Å². The molecule has 4 heterocycles. The van der Waals surface area contributed by atoms with Gasteiger partial charge in [0.2, 0.25) is 0 Å². The second-order valence-corrected chi connectivity index (χ2v) is 35.8. The van der Waals surface area contributed by atoms with Gasteiger partial charge >= 0.3 is 187 Å². The average Bonchev–Trinajstić information content (AvgIpc) is 3.73. The van der Waals surface area contributed by atoms with E-state index in [-0.39, 0.29) is 12.8 Å². The summed E-state index contributed by atoms with van der Waals surface area (Å²) in [4.78, 5) is 7.67. The van der Waals surface area contributed by atoms with Crippen LogP contribution in [0.4, 0.5) is 0 Å². The second-order valence-electron chi connectivity index (χ2n) is 14.5. The molecule has 0 saturated heterocycles. The third kappa shape index (κ3) is 8.14. The molecule has 0 aromatic carbocycles. The molecule has 2 aliphatic carbocycles. The minimum absolute atomic E-state index is 0. The zero-order valence-electron chi connectivity index (χ0n) is 28.0. The summed E-state index contributed by atoms with van der Waals surface area (Å²) in [6, 6.07) is 9.79. The molecule has 0 N–H and O–H groups in total. The molecule has 248 valence electrons. The van der Waals surface area contributed by atoms with E-state index in [1.807, 2.05) is 36.9 Å². The Morgan fingerprint density at radius 1 is 0.622 bits per heavy atom. The molecule has 0 aliphatic heterocycles. The van der Waals surface area contributed by atoms with E-state index in [1.165, 1.54) is 78.3 Å². The molecule has 0 spiro atoms. The molecule has 7 heteroatoms. The van der Waals surface area contributed by atoms with Gasteiger partial charge in [0.15, 0.2) is 0 Å². The van der Waals surface area contributed by atoms with E-state index < -0.39 is 18.4 Å². The van der Waals surface area contributed by atoms with E-state index in [0.29, 0.717) is 5.41 Å². The molecule has 2 aliphatic rings. The van der Waals surface area contributed by atoms with Gasteiger partial charge in [-0.1, -0.05) is 21.3 Å². The van der Waals surface area contributed by atoms with Crippen molar-refractivity contribution in [1.29, 1.82) is 0 Å². The number of unbranched alkanes of at least 4 members (excludes halogenated alkanes) is 3. The molecule has 45 heavy (non-hydrogen) atoms. The Labute approximate surface area is 312 Å². The van der Waals surface area contributed by atoms with E-state index in [9.17, 15) is 0 Å². The zero-order chi connectivity index (χ0) is 31.9. The van der Waals surface area contributed by atoms with Crippen molar-refractivity contribution < 1.29 is 0 Å². The van der Waals surface area contributed by atoms with E-state index in [2.05, 4.69) is 123 Å². The summed E-state index contributed by atoms with van der Waals surface area (Å²) < 4.78 is 9.15. The number of fused-ring (bicyclic) bond motifs is 6.